The fourth-order valence-electron chi connectivity index (χ4n) is 4.74. The molecule has 13 nitrogen and oxygen atoms in total. The zero-order valence-electron chi connectivity index (χ0n) is 22.8. The number of alkyl halides is 1. The van der Waals surface area contributed by atoms with Crippen molar-refractivity contribution >= 4 is 43.5 Å². The Morgan fingerprint density at radius 1 is 1.12 bits per heavy atom. The molecule has 5 rings (SSSR count). The molecule has 16 heteroatoms. The van der Waals surface area contributed by atoms with E-state index in [1.807, 2.05) is 0 Å². The van der Waals surface area contributed by atoms with E-state index < -0.39 is 34.6 Å². The predicted molar refractivity (Wildman–Crippen MR) is 153 cm³/mol. The van der Waals surface area contributed by atoms with Gasteiger partial charge in [0.25, 0.3) is 10.0 Å². The van der Waals surface area contributed by atoms with Crippen molar-refractivity contribution in [2.24, 2.45) is 11.1 Å². The van der Waals surface area contributed by atoms with Crippen LogP contribution in [0.1, 0.15) is 30.1 Å². The van der Waals surface area contributed by atoms with Crippen LogP contribution in [0.4, 0.5) is 4.39 Å². The van der Waals surface area contributed by atoms with E-state index in [0.29, 0.717) is 53.3 Å². The number of nitrogens with zero attached hydrogens (tertiary/aromatic N) is 5. The van der Waals surface area contributed by atoms with E-state index in [-0.39, 0.29) is 29.9 Å². The maximum absolute atomic E-state index is 13.7. The molecule has 2 aromatic heterocycles. The number of piperidine rings is 1. The monoisotopic (exact) mass is 632 g/mol. The van der Waals surface area contributed by atoms with Gasteiger partial charge in [-0.25, -0.2) is 27.6 Å². The van der Waals surface area contributed by atoms with Gasteiger partial charge >= 0.3 is 5.97 Å². The second-order valence-electron chi connectivity index (χ2n) is 9.97. The van der Waals surface area contributed by atoms with Gasteiger partial charge in [0.2, 0.25) is 10.2 Å². The molecule has 1 atom stereocenters. The fraction of sp³-hybridized carbons (Fsp3) is 0.370. The van der Waals surface area contributed by atoms with Crippen LogP contribution in [0.25, 0.3) is 10.2 Å². The van der Waals surface area contributed by atoms with Crippen LogP contribution in [0.3, 0.4) is 0 Å². The molecule has 0 radical (unpaired) electrons. The number of nitrogens with two attached hydrogens (primary N) is 1. The molecule has 0 bridgehead atoms. The van der Waals surface area contributed by atoms with Gasteiger partial charge in [0, 0.05) is 19.5 Å². The number of primary sulfonamides is 1. The number of likely N-dealkylation sites (tertiary alicyclic amines) is 1. The summed E-state index contributed by atoms with van der Waals surface area (Å²) in [6.45, 7) is 0.0121. The number of ether oxygens (including phenoxy) is 2. The highest BCUT2D eigenvalue weighted by atomic mass is 32.2. The molecule has 3 heterocycles. The van der Waals surface area contributed by atoms with Crippen LogP contribution in [0.5, 0.6) is 11.5 Å². The van der Waals surface area contributed by atoms with Crippen molar-refractivity contribution in [3.63, 3.8) is 0 Å². The lowest BCUT2D eigenvalue weighted by Crippen LogP contribution is -2.44. The summed E-state index contributed by atoms with van der Waals surface area (Å²) >= 11 is 0.937. The number of benzene rings is 2. The Morgan fingerprint density at radius 2 is 1.84 bits per heavy atom. The number of rotatable bonds is 12. The number of aromatic nitrogens is 4. The van der Waals surface area contributed by atoms with Gasteiger partial charge in [-0.1, -0.05) is 17.3 Å². The first-order valence-corrected chi connectivity index (χ1v) is 15.7. The lowest BCUT2D eigenvalue weighted by atomic mass is 9.96. The van der Waals surface area contributed by atoms with Gasteiger partial charge < -0.3 is 19.5 Å². The summed E-state index contributed by atoms with van der Waals surface area (Å²) in [6.07, 6.45) is 2.64. The van der Waals surface area contributed by atoms with Crippen LogP contribution in [-0.4, -0.2) is 76.6 Å². The number of hydrogen-bond acceptors (Lipinski definition) is 10. The second kappa shape index (κ2) is 13.0. The zero-order valence-corrected chi connectivity index (χ0v) is 24.5. The van der Waals surface area contributed by atoms with Crippen molar-refractivity contribution in [1.82, 2.24) is 24.9 Å². The number of thiazole rings is 1. The summed E-state index contributed by atoms with van der Waals surface area (Å²) in [7, 11) is -3.92. The molecule has 0 spiro atoms. The van der Waals surface area contributed by atoms with Crippen LogP contribution in [0.15, 0.2) is 53.0 Å². The molecule has 0 unspecified atom stereocenters. The fourth-order valence-corrected chi connectivity index (χ4v) is 6.42. The van der Waals surface area contributed by atoms with Gasteiger partial charge in [-0.15, -0.1) is 16.4 Å². The average Bonchev–Trinajstić information content (AvgIpc) is 3.65. The van der Waals surface area contributed by atoms with E-state index in [0.717, 1.165) is 16.9 Å². The summed E-state index contributed by atoms with van der Waals surface area (Å²) < 4.78 is 48.7. The largest absolute Gasteiger partial charge is 0.491 e. The average molecular weight is 633 g/mol. The summed E-state index contributed by atoms with van der Waals surface area (Å²) in [6, 6.07) is 11.2. The van der Waals surface area contributed by atoms with Crippen molar-refractivity contribution < 1.29 is 37.0 Å². The van der Waals surface area contributed by atoms with Gasteiger partial charge in [-0.05, 0) is 48.7 Å². The summed E-state index contributed by atoms with van der Waals surface area (Å²) in [5, 5.41) is 22.9. The second-order valence-corrected chi connectivity index (χ2v) is 12.7. The molecule has 1 fully saturated rings. The standard InChI is InChI=1S/C27H29FN6O7S2/c28-9-12-40-20-3-1-17(2-4-20)13-23(25(35)33-10-7-18(8-11-33)26(36)37)34-15-19(31-32-34)16-41-21-5-6-22-24(14-21)42-27(30-22)43(29,38)39/h1-6,14-15,18,23H,7-13,16H2,(H,36,37)(H2,29,38,39)/t23-/m0/s1. The first-order valence-electron chi connectivity index (χ1n) is 13.4. The number of carboxylic acids is 1. The minimum Gasteiger partial charge on any atom is -0.491 e. The van der Waals surface area contributed by atoms with Crippen LogP contribution < -0.4 is 14.6 Å². The summed E-state index contributed by atoms with van der Waals surface area (Å²) in [5.74, 6) is -0.586. The number of hydrogen-bond donors (Lipinski definition) is 2. The highest BCUT2D eigenvalue weighted by Crippen LogP contribution is 2.29. The third kappa shape index (κ3) is 7.44. The molecule has 1 aliphatic heterocycles. The van der Waals surface area contributed by atoms with Crippen molar-refractivity contribution in [2.45, 2.75) is 36.3 Å². The van der Waals surface area contributed by atoms with Crippen molar-refractivity contribution in [3.05, 3.63) is 59.9 Å². The molecule has 3 N–H and O–H groups in total. The first kappa shape index (κ1) is 30.3. The van der Waals surface area contributed by atoms with Gasteiger partial charge in [0.1, 0.15) is 43.1 Å². The Kier molecular flexibility index (Phi) is 9.17. The van der Waals surface area contributed by atoms with Crippen molar-refractivity contribution in [3.8, 4) is 11.5 Å². The highest BCUT2D eigenvalue weighted by molar-refractivity contribution is 7.91. The van der Waals surface area contributed by atoms with Gasteiger partial charge in [0.05, 0.1) is 22.3 Å². The number of carbonyl (C=O) groups is 2. The number of carbonyl (C=O) groups excluding carboxylic acids is 1. The number of carboxylic acid groups (broad SMARTS) is 1. The summed E-state index contributed by atoms with van der Waals surface area (Å²) in [4.78, 5) is 30.8. The molecule has 43 heavy (non-hydrogen) atoms. The van der Waals surface area contributed by atoms with Crippen LogP contribution in [0, 0.1) is 5.92 Å². The molecule has 1 aliphatic rings. The van der Waals surface area contributed by atoms with Gasteiger partial charge in [-0.2, -0.15) is 0 Å². The summed E-state index contributed by atoms with van der Waals surface area (Å²) in [5.41, 5.74) is 1.74. The molecule has 4 aromatic rings. The third-order valence-electron chi connectivity index (χ3n) is 6.99. The Morgan fingerprint density at radius 3 is 2.51 bits per heavy atom. The van der Waals surface area contributed by atoms with Crippen LogP contribution >= 0.6 is 11.3 Å². The molecule has 2 aromatic carbocycles. The molecule has 0 aliphatic carbocycles. The van der Waals surface area contributed by atoms with E-state index in [2.05, 4.69) is 15.3 Å². The van der Waals surface area contributed by atoms with Crippen molar-refractivity contribution in [1.29, 1.82) is 0 Å². The lowest BCUT2D eigenvalue weighted by Gasteiger charge is -2.32. The van der Waals surface area contributed by atoms with Crippen molar-refractivity contribution in [2.75, 3.05) is 26.4 Å². The number of sulfonamides is 1. The Balaban J connectivity index is 1.31. The van der Waals surface area contributed by atoms with E-state index in [1.54, 1.807) is 53.6 Å². The molecular formula is C27H29FN6O7S2. The highest BCUT2D eigenvalue weighted by Gasteiger charge is 2.32. The maximum Gasteiger partial charge on any atom is 0.306 e. The predicted octanol–water partition coefficient (Wildman–Crippen LogP) is 2.57. The van der Waals surface area contributed by atoms with E-state index >= 15 is 0 Å². The number of fused-ring (bicyclic) bond motifs is 1. The SMILES string of the molecule is NS(=O)(=O)c1nc2ccc(OCc3cn([C@@H](Cc4ccc(OCCF)cc4)C(=O)N4CCC(C(=O)O)CC4)nn3)cc2s1. The van der Waals surface area contributed by atoms with E-state index in [9.17, 15) is 27.5 Å². The first-order chi connectivity index (χ1) is 20.6. The van der Waals surface area contributed by atoms with E-state index in [4.69, 9.17) is 14.6 Å². The number of amides is 1. The molecule has 228 valence electrons. The van der Waals surface area contributed by atoms with Gasteiger partial charge in [0.15, 0.2) is 0 Å². The lowest BCUT2D eigenvalue weighted by molar-refractivity contribution is -0.146. The minimum atomic E-state index is -3.92. The third-order valence-corrected chi connectivity index (χ3v) is 9.32. The number of halogens is 1. The topological polar surface area (TPSA) is 180 Å². The van der Waals surface area contributed by atoms with Gasteiger partial charge in [-0.3, -0.25) is 9.59 Å². The molecule has 0 saturated carbocycles. The zero-order chi connectivity index (χ0) is 30.6. The smallest absolute Gasteiger partial charge is 0.306 e. The molecule has 1 saturated heterocycles. The normalized spacial score (nSPS) is 15.0. The van der Waals surface area contributed by atoms with Crippen LogP contribution in [-0.2, 0) is 32.6 Å². The van der Waals surface area contributed by atoms with Crippen LogP contribution in [0.2, 0.25) is 0 Å². The quantitative estimate of drug-likeness (QED) is 0.236. The van der Waals surface area contributed by atoms with E-state index in [1.165, 1.54) is 4.68 Å². The Labute approximate surface area is 250 Å². The molecular weight excluding hydrogens is 603 g/mol. The number of aliphatic carboxylic acids is 1. The Hall–Kier alpha value is -4.15. The minimum absolute atomic E-state index is 0.0257. The molecule has 1 amide bonds. The Bertz CT molecular complexity index is 1700. The maximum atomic E-state index is 13.7.